The second-order valence-corrected chi connectivity index (χ2v) is 13.2. The molecule has 0 unspecified atom stereocenters. The molecular weight excluding hydrogens is 637 g/mol. The first-order chi connectivity index (χ1) is 25.8. The highest BCUT2D eigenvalue weighted by Gasteiger charge is 2.29. The van der Waals surface area contributed by atoms with Gasteiger partial charge in [0.15, 0.2) is 17.5 Å². The molecule has 0 bridgehead atoms. The molecule has 10 aromatic rings. The molecule has 0 aliphatic heterocycles. The Hall–Kier alpha value is -7.11. The van der Waals surface area contributed by atoms with Crippen molar-refractivity contribution in [1.82, 2.24) is 19.5 Å². The van der Waals surface area contributed by atoms with Gasteiger partial charge in [-0.1, -0.05) is 127 Å². The van der Waals surface area contributed by atoms with Crippen molar-refractivity contribution in [3.8, 4) is 73.4 Å². The Balaban J connectivity index is 1.15. The molecule has 0 saturated carbocycles. The first kappa shape index (κ1) is 28.7. The molecule has 242 valence electrons. The summed E-state index contributed by atoms with van der Waals surface area (Å²) in [5, 5.41) is 3.57. The molecule has 0 fully saturated rings. The van der Waals surface area contributed by atoms with Crippen molar-refractivity contribution < 1.29 is 4.42 Å². The van der Waals surface area contributed by atoms with Crippen LogP contribution in [0.25, 0.3) is 106 Å². The van der Waals surface area contributed by atoms with E-state index in [1.165, 1.54) is 33.0 Å². The average molecular weight is 665 g/mol. The van der Waals surface area contributed by atoms with E-state index in [1.807, 2.05) is 60.7 Å². The first-order valence-electron chi connectivity index (χ1n) is 17.5. The fourth-order valence-electron chi connectivity index (χ4n) is 7.96. The molecular formula is C47H28N4O. The van der Waals surface area contributed by atoms with Crippen LogP contribution in [0.4, 0.5) is 0 Å². The van der Waals surface area contributed by atoms with E-state index >= 15 is 0 Å². The molecule has 11 rings (SSSR count). The van der Waals surface area contributed by atoms with E-state index < -0.39 is 0 Å². The lowest BCUT2D eigenvalue weighted by Crippen LogP contribution is -2.01. The molecule has 0 amide bonds. The van der Waals surface area contributed by atoms with E-state index in [0.29, 0.717) is 17.5 Å². The summed E-state index contributed by atoms with van der Waals surface area (Å²) in [6, 6.07) is 59.1. The lowest BCUT2D eigenvalue weighted by atomic mass is 9.95. The zero-order valence-electron chi connectivity index (χ0n) is 27.9. The summed E-state index contributed by atoms with van der Waals surface area (Å²) in [5.41, 5.74) is 13.9. The Morgan fingerprint density at radius 3 is 1.40 bits per heavy atom. The van der Waals surface area contributed by atoms with Gasteiger partial charge in [-0.2, -0.15) is 0 Å². The molecule has 0 N–H and O–H groups in total. The van der Waals surface area contributed by atoms with Crippen molar-refractivity contribution in [2.75, 3.05) is 0 Å². The normalized spacial score (nSPS) is 11.8. The number of aromatic nitrogens is 4. The van der Waals surface area contributed by atoms with Gasteiger partial charge in [-0.05, 0) is 64.7 Å². The maximum Gasteiger partial charge on any atom is 0.164 e. The summed E-state index contributed by atoms with van der Waals surface area (Å²) >= 11 is 0. The molecule has 5 nitrogen and oxygen atoms in total. The first-order valence-corrected chi connectivity index (χ1v) is 17.5. The minimum absolute atomic E-state index is 0.629. The molecule has 5 heteroatoms. The van der Waals surface area contributed by atoms with Crippen LogP contribution in [-0.4, -0.2) is 19.5 Å². The predicted molar refractivity (Wildman–Crippen MR) is 210 cm³/mol. The van der Waals surface area contributed by atoms with Crippen LogP contribution >= 0.6 is 0 Å². The quantitative estimate of drug-likeness (QED) is 0.184. The zero-order valence-corrected chi connectivity index (χ0v) is 27.9. The molecule has 1 aliphatic carbocycles. The third kappa shape index (κ3) is 4.26. The zero-order chi connectivity index (χ0) is 34.2. The molecule has 1 aliphatic rings. The van der Waals surface area contributed by atoms with Gasteiger partial charge >= 0.3 is 0 Å². The Kier molecular flexibility index (Phi) is 6.18. The molecule has 52 heavy (non-hydrogen) atoms. The van der Waals surface area contributed by atoms with Gasteiger partial charge in [-0.3, -0.25) is 0 Å². The van der Waals surface area contributed by atoms with Crippen LogP contribution in [0.5, 0.6) is 0 Å². The third-order valence-corrected chi connectivity index (χ3v) is 10.2. The Morgan fingerprint density at radius 1 is 0.365 bits per heavy atom. The maximum absolute atomic E-state index is 6.46. The number of hydrogen-bond acceptors (Lipinski definition) is 4. The van der Waals surface area contributed by atoms with E-state index in [4.69, 9.17) is 19.4 Å². The van der Waals surface area contributed by atoms with Crippen molar-refractivity contribution in [2.24, 2.45) is 0 Å². The van der Waals surface area contributed by atoms with Crippen molar-refractivity contribution >= 4 is 32.8 Å². The summed E-state index contributed by atoms with van der Waals surface area (Å²) in [7, 11) is 0. The standard InChI is InChI=1S/C47H28N4O/c1-4-13-29(14-5-1)44-43-36-21-12-24-39-42(36)41-35(20-11-23-38(41)52-39)34-19-10-22-37(40(34)43)51(44)33-27-25-32(26-28-33)47-49-45(30-15-6-2-7-16-30)48-46(50-47)31-17-8-3-9-18-31/h1-28H. The Morgan fingerprint density at radius 2 is 0.827 bits per heavy atom. The van der Waals surface area contributed by atoms with Crippen molar-refractivity contribution in [1.29, 1.82) is 0 Å². The van der Waals surface area contributed by atoms with Gasteiger partial charge in [-0.25, -0.2) is 15.0 Å². The summed E-state index contributed by atoms with van der Waals surface area (Å²) in [6.07, 6.45) is 0. The van der Waals surface area contributed by atoms with Gasteiger partial charge in [-0.15, -0.1) is 0 Å². The molecule has 3 heterocycles. The van der Waals surface area contributed by atoms with E-state index in [0.717, 1.165) is 55.7 Å². The van der Waals surface area contributed by atoms with Crippen LogP contribution in [0, 0.1) is 0 Å². The molecule has 0 spiro atoms. The SMILES string of the molecule is c1ccc(-c2nc(-c3ccccc3)nc(-c3ccc(-n4c(-c5ccccc5)c5c6c(cccc64)-c4cccc6oc7cccc-5c7c46)cc3)n2)cc1. The van der Waals surface area contributed by atoms with Gasteiger partial charge in [0.05, 0.1) is 11.2 Å². The van der Waals surface area contributed by atoms with E-state index in [1.54, 1.807) is 0 Å². The predicted octanol–water partition coefficient (Wildman–Crippen LogP) is 12.0. The topological polar surface area (TPSA) is 56.7 Å². The minimum Gasteiger partial charge on any atom is -0.456 e. The summed E-state index contributed by atoms with van der Waals surface area (Å²) in [6.45, 7) is 0. The number of benzene rings is 7. The fraction of sp³-hybridized carbons (Fsp3) is 0. The lowest BCUT2D eigenvalue weighted by Gasteiger charge is -2.15. The third-order valence-electron chi connectivity index (χ3n) is 10.2. The highest BCUT2D eigenvalue weighted by molar-refractivity contribution is 6.27. The number of nitrogens with zero attached hydrogens (tertiary/aromatic N) is 4. The van der Waals surface area contributed by atoms with Crippen LogP contribution in [0.1, 0.15) is 0 Å². The number of fused-ring (bicyclic) bond motifs is 2. The summed E-state index contributed by atoms with van der Waals surface area (Å²) in [5.74, 6) is 1.92. The smallest absolute Gasteiger partial charge is 0.164 e. The van der Waals surface area contributed by atoms with Crippen LogP contribution in [0.3, 0.4) is 0 Å². The van der Waals surface area contributed by atoms with Gasteiger partial charge in [0.25, 0.3) is 0 Å². The highest BCUT2D eigenvalue weighted by Crippen LogP contribution is 2.53. The summed E-state index contributed by atoms with van der Waals surface area (Å²) < 4.78 is 8.88. The molecule has 0 atom stereocenters. The van der Waals surface area contributed by atoms with Crippen LogP contribution < -0.4 is 0 Å². The molecule has 7 aromatic carbocycles. The van der Waals surface area contributed by atoms with Crippen LogP contribution in [0.2, 0.25) is 0 Å². The number of hydrogen-bond donors (Lipinski definition) is 0. The second kappa shape index (κ2) is 11.2. The van der Waals surface area contributed by atoms with E-state index in [9.17, 15) is 0 Å². The van der Waals surface area contributed by atoms with Crippen LogP contribution in [0.15, 0.2) is 174 Å². The monoisotopic (exact) mass is 664 g/mol. The second-order valence-electron chi connectivity index (χ2n) is 13.2. The molecule has 0 radical (unpaired) electrons. The fourth-order valence-corrected chi connectivity index (χ4v) is 7.96. The van der Waals surface area contributed by atoms with E-state index in [2.05, 4.69) is 114 Å². The number of furan rings is 1. The largest absolute Gasteiger partial charge is 0.456 e. The van der Waals surface area contributed by atoms with Gasteiger partial charge in [0.1, 0.15) is 11.2 Å². The van der Waals surface area contributed by atoms with Gasteiger partial charge in [0.2, 0.25) is 0 Å². The molecule has 3 aromatic heterocycles. The van der Waals surface area contributed by atoms with Gasteiger partial charge < -0.3 is 8.98 Å². The van der Waals surface area contributed by atoms with Crippen molar-refractivity contribution in [3.05, 3.63) is 170 Å². The maximum atomic E-state index is 6.46. The molecule has 0 saturated heterocycles. The van der Waals surface area contributed by atoms with Crippen LogP contribution in [-0.2, 0) is 0 Å². The Labute approximate surface area is 299 Å². The Bertz CT molecular complexity index is 2920. The van der Waals surface area contributed by atoms with Crippen molar-refractivity contribution in [3.63, 3.8) is 0 Å². The van der Waals surface area contributed by atoms with Gasteiger partial charge in [0, 0.05) is 44.1 Å². The number of rotatable bonds is 5. The van der Waals surface area contributed by atoms with E-state index in [-0.39, 0.29) is 0 Å². The minimum atomic E-state index is 0.629. The highest BCUT2D eigenvalue weighted by atomic mass is 16.3. The van der Waals surface area contributed by atoms with Crippen molar-refractivity contribution in [2.45, 2.75) is 0 Å². The summed E-state index contributed by atoms with van der Waals surface area (Å²) in [4.78, 5) is 14.9. The average Bonchev–Trinajstić information content (AvgIpc) is 3.74. The lowest BCUT2D eigenvalue weighted by molar-refractivity contribution is 0.669.